The van der Waals surface area contributed by atoms with E-state index >= 15 is 0 Å². The quantitative estimate of drug-likeness (QED) is 0.888. The van der Waals surface area contributed by atoms with Crippen LogP contribution in [-0.2, 0) is 4.79 Å². The molecule has 0 spiro atoms. The highest BCUT2D eigenvalue weighted by Crippen LogP contribution is 2.37. The molecule has 2 aliphatic heterocycles. The van der Waals surface area contributed by atoms with Crippen LogP contribution in [0.5, 0.6) is 5.75 Å². The minimum Gasteiger partial charge on any atom is -0.491 e. The highest BCUT2D eigenvalue weighted by Gasteiger charge is 2.28. The van der Waals surface area contributed by atoms with E-state index < -0.39 is 6.04 Å². The molecule has 1 aromatic carbocycles. The van der Waals surface area contributed by atoms with Crippen LogP contribution < -0.4 is 15.8 Å². The minimum atomic E-state index is -0.638. The Kier molecular flexibility index (Phi) is 3.83. The molecule has 1 aromatic rings. The third kappa shape index (κ3) is 2.61. The lowest BCUT2D eigenvalue weighted by atomic mass is 10.1. The predicted octanol–water partition coefficient (Wildman–Crippen LogP) is 1.77. The van der Waals surface area contributed by atoms with Crippen molar-refractivity contribution >= 4 is 23.2 Å². The van der Waals surface area contributed by atoms with Crippen molar-refractivity contribution in [2.45, 2.75) is 18.9 Å². The number of hydrogen-bond acceptors (Lipinski definition) is 4. The number of carbonyl (C=O) groups is 1. The smallest absolute Gasteiger partial charge is 0.245 e. The van der Waals surface area contributed by atoms with Gasteiger partial charge in [0.15, 0.2) is 0 Å². The first-order chi connectivity index (χ1) is 9.65. The summed E-state index contributed by atoms with van der Waals surface area (Å²) in [6, 6.07) is 2.83. The molecule has 0 radical (unpaired) electrons. The average Bonchev–Trinajstić information content (AvgIpc) is 3.02. The molecule has 1 atom stereocenters. The lowest BCUT2D eigenvalue weighted by Crippen LogP contribution is -2.25. The van der Waals surface area contributed by atoms with Crippen LogP contribution in [0.25, 0.3) is 0 Å². The van der Waals surface area contributed by atoms with E-state index in [2.05, 4.69) is 10.2 Å². The summed E-state index contributed by atoms with van der Waals surface area (Å²) in [5, 5.41) is 3.23. The van der Waals surface area contributed by atoms with Gasteiger partial charge in [0.1, 0.15) is 18.4 Å². The molecule has 0 aromatic heterocycles. The number of hydrogen-bond donors (Lipinski definition) is 2. The molecule has 1 fully saturated rings. The molecule has 2 heterocycles. The maximum Gasteiger partial charge on any atom is 0.245 e. The number of nitrogens with zero attached hydrogens (tertiary/aromatic N) is 1. The highest BCUT2D eigenvalue weighted by molar-refractivity contribution is 6.32. The Morgan fingerprint density at radius 2 is 2.15 bits per heavy atom. The Labute approximate surface area is 123 Å². The normalized spacial score (nSPS) is 21.9. The van der Waals surface area contributed by atoms with Gasteiger partial charge >= 0.3 is 0 Å². The molecule has 1 saturated heterocycles. The molecular weight excluding hydrogens is 278 g/mol. The Bertz CT molecular complexity index is 529. The zero-order chi connectivity index (χ0) is 14.1. The molecule has 0 aliphatic carbocycles. The summed E-state index contributed by atoms with van der Waals surface area (Å²) in [6.07, 6.45) is 2.53. The minimum absolute atomic E-state index is 0.203. The molecule has 5 nitrogen and oxygen atoms in total. The number of benzene rings is 1. The van der Waals surface area contributed by atoms with E-state index in [0.717, 1.165) is 25.2 Å². The molecule has 2 aliphatic rings. The molecule has 3 N–H and O–H groups in total. The highest BCUT2D eigenvalue weighted by atomic mass is 35.5. The fourth-order valence-corrected chi connectivity index (χ4v) is 2.91. The van der Waals surface area contributed by atoms with Gasteiger partial charge in [-0.25, -0.2) is 0 Å². The van der Waals surface area contributed by atoms with Crippen LogP contribution in [0.4, 0.5) is 5.69 Å². The van der Waals surface area contributed by atoms with Gasteiger partial charge in [-0.15, -0.1) is 0 Å². The molecular formula is C14H18ClN3O2. The van der Waals surface area contributed by atoms with E-state index in [1.165, 1.54) is 12.8 Å². The van der Waals surface area contributed by atoms with E-state index in [0.29, 0.717) is 23.1 Å². The van der Waals surface area contributed by atoms with E-state index in [1.807, 2.05) is 0 Å². The largest absolute Gasteiger partial charge is 0.491 e. The number of nitrogens with two attached hydrogens (primary N) is 1. The number of rotatable bonds is 4. The van der Waals surface area contributed by atoms with Crippen molar-refractivity contribution in [2.24, 2.45) is 5.73 Å². The molecule has 6 heteroatoms. The van der Waals surface area contributed by atoms with Crippen LogP contribution in [-0.4, -0.2) is 37.0 Å². The molecule has 3 rings (SSSR count). The number of carbonyl (C=O) groups excluding carboxylic acids is 1. The maximum atomic E-state index is 11.5. The second-order valence-electron chi connectivity index (χ2n) is 5.23. The van der Waals surface area contributed by atoms with Crippen molar-refractivity contribution in [3.05, 3.63) is 22.7 Å². The number of nitrogens with one attached hydrogen (secondary N) is 1. The Morgan fingerprint density at radius 1 is 1.40 bits per heavy atom. The van der Waals surface area contributed by atoms with Crippen LogP contribution in [0.2, 0.25) is 5.02 Å². The standard InChI is InChI=1S/C14H18ClN3O2/c15-10-7-9-11(17-14(19)13(9)16)8-12(10)20-6-5-18-3-1-2-4-18/h7-8,13H,1-6,16H2,(H,17,19). The van der Waals surface area contributed by atoms with Gasteiger partial charge in [-0.05, 0) is 32.0 Å². The van der Waals surface area contributed by atoms with Crippen molar-refractivity contribution in [1.29, 1.82) is 0 Å². The summed E-state index contributed by atoms with van der Waals surface area (Å²) in [5.74, 6) is 0.393. The van der Waals surface area contributed by atoms with Crippen molar-refractivity contribution in [3.63, 3.8) is 0 Å². The second-order valence-corrected chi connectivity index (χ2v) is 5.64. The number of fused-ring (bicyclic) bond motifs is 1. The predicted molar refractivity (Wildman–Crippen MR) is 78.2 cm³/mol. The summed E-state index contributed by atoms with van der Waals surface area (Å²) in [4.78, 5) is 13.9. The number of ether oxygens (including phenoxy) is 1. The van der Waals surface area contributed by atoms with Crippen molar-refractivity contribution < 1.29 is 9.53 Å². The van der Waals surface area contributed by atoms with Gasteiger partial charge in [-0.3, -0.25) is 9.69 Å². The number of anilines is 1. The molecule has 1 unspecified atom stereocenters. The van der Waals surface area contributed by atoms with E-state index in [9.17, 15) is 4.79 Å². The molecule has 0 saturated carbocycles. The van der Waals surface area contributed by atoms with Gasteiger partial charge in [0.2, 0.25) is 5.91 Å². The van der Waals surface area contributed by atoms with Crippen molar-refractivity contribution in [2.75, 3.05) is 31.6 Å². The van der Waals surface area contributed by atoms with Gasteiger partial charge in [-0.2, -0.15) is 0 Å². The molecule has 20 heavy (non-hydrogen) atoms. The van der Waals surface area contributed by atoms with Crippen LogP contribution in [0.3, 0.4) is 0 Å². The van der Waals surface area contributed by atoms with Crippen LogP contribution >= 0.6 is 11.6 Å². The fraction of sp³-hybridized carbons (Fsp3) is 0.500. The Morgan fingerprint density at radius 3 is 2.90 bits per heavy atom. The van der Waals surface area contributed by atoms with Crippen LogP contribution in [0, 0.1) is 0 Å². The average molecular weight is 296 g/mol. The first-order valence-electron chi connectivity index (χ1n) is 6.90. The summed E-state index contributed by atoms with van der Waals surface area (Å²) < 4.78 is 5.73. The zero-order valence-corrected chi connectivity index (χ0v) is 11.9. The lowest BCUT2D eigenvalue weighted by molar-refractivity contribution is -0.116. The molecule has 1 amide bonds. The van der Waals surface area contributed by atoms with E-state index in [4.69, 9.17) is 22.1 Å². The van der Waals surface area contributed by atoms with Crippen molar-refractivity contribution in [1.82, 2.24) is 4.90 Å². The van der Waals surface area contributed by atoms with Crippen molar-refractivity contribution in [3.8, 4) is 5.75 Å². The number of halogens is 1. The third-order valence-corrected chi connectivity index (χ3v) is 4.14. The monoisotopic (exact) mass is 295 g/mol. The zero-order valence-electron chi connectivity index (χ0n) is 11.2. The van der Waals surface area contributed by atoms with Crippen LogP contribution in [0.1, 0.15) is 24.4 Å². The van der Waals surface area contributed by atoms with E-state index in [-0.39, 0.29) is 5.91 Å². The number of likely N-dealkylation sites (tertiary alicyclic amines) is 1. The molecule has 0 bridgehead atoms. The topological polar surface area (TPSA) is 67.6 Å². The summed E-state index contributed by atoms with van der Waals surface area (Å²) in [7, 11) is 0. The Balaban J connectivity index is 1.65. The molecule has 108 valence electrons. The fourth-order valence-electron chi connectivity index (χ4n) is 2.69. The lowest BCUT2D eigenvalue weighted by Gasteiger charge is -2.16. The number of amides is 1. The van der Waals surface area contributed by atoms with Gasteiger partial charge < -0.3 is 15.8 Å². The van der Waals surface area contributed by atoms with Gasteiger partial charge in [0.05, 0.1) is 5.02 Å². The first-order valence-corrected chi connectivity index (χ1v) is 7.28. The summed E-state index contributed by atoms with van der Waals surface area (Å²) in [5.41, 5.74) is 7.20. The van der Waals surface area contributed by atoms with Gasteiger partial charge in [-0.1, -0.05) is 11.6 Å². The summed E-state index contributed by atoms with van der Waals surface area (Å²) >= 11 is 6.18. The van der Waals surface area contributed by atoms with E-state index in [1.54, 1.807) is 12.1 Å². The SMILES string of the molecule is NC1C(=O)Nc2cc(OCCN3CCCC3)c(Cl)cc21. The Hall–Kier alpha value is -1.30. The third-order valence-electron chi connectivity index (χ3n) is 3.84. The van der Waals surface area contributed by atoms with Gasteiger partial charge in [0, 0.05) is 23.9 Å². The summed E-state index contributed by atoms with van der Waals surface area (Å²) in [6.45, 7) is 3.79. The second kappa shape index (κ2) is 5.60. The van der Waals surface area contributed by atoms with Crippen LogP contribution in [0.15, 0.2) is 12.1 Å². The first kappa shape index (κ1) is 13.7. The maximum absolute atomic E-state index is 11.5. The van der Waals surface area contributed by atoms with Gasteiger partial charge in [0.25, 0.3) is 0 Å².